The fourth-order valence-corrected chi connectivity index (χ4v) is 1.76. The zero-order valence-corrected chi connectivity index (χ0v) is 6.69. The largest absolute Gasteiger partial charge is 0.0844 e. The van der Waals surface area contributed by atoms with Gasteiger partial charge in [0.1, 0.15) is 0 Å². The van der Waals surface area contributed by atoms with E-state index in [1.54, 1.807) is 0 Å². The maximum absolute atomic E-state index is 6.01. The molecular weight excluding hydrogens is 144 g/mol. The predicted octanol–water partition coefficient (Wildman–Crippen LogP) is 3.24. The van der Waals surface area contributed by atoms with Gasteiger partial charge in [-0.3, -0.25) is 0 Å². The summed E-state index contributed by atoms with van der Waals surface area (Å²) in [5, 5.41) is 1.02. The first-order valence-corrected chi connectivity index (χ1v) is 4.32. The molecule has 0 aliphatic heterocycles. The topological polar surface area (TPSA) is 0 Å². The molecule has 1 heteroatoms. The molecule has 0 nitrogen and oxygen atoms in total. The van der Waals surface area contributed by atoms with Gasteiger partial charge in [0.15, 0.2) is 0 Å². The third-order valence-corrected chi connectivity index (χ3v) is 2.52. The van der Waals surface area contributed by atoms with Crippen molar-refractivity contribution in [2.75, 3.05) is 0 Å². The highest BCUT2D eigenvalue weighted by Crippen LogP contribution is 2.42. The van der Waals surface area contributed by atoms with Gasteiger partial charge >= 0.3 is 0 Å². The normalized spacial score (nSPS) is 25.7. The number of allylic oxidation sites excluding steroid dienone is 4. The van der Waals surface area contributed by atoms with Crippen molar-refractivity contribution in [1.29, 1.82) is 0 Å². The Kier molecular flexibility index (Phi) is 1.57. The lowest BCUT2D eigenvalue weighted by Crippen LogP contribution is -1.91. The van der Waals surface area contributed by atoms with Gasteiger partial charge in [0.25, 0.3) is 0 Å². The lowest BCUT2D eigenvalue weighted by molar-refractivity contribution is 0.941. The van der Waals surface area contributed by atoms with Crippen LogP contribution in [0.4, 0.5) is 0 Å². The Morgan fingerprint density at radius 1 is 1.20 bits per heavy atom. The molecule has 0 heterocycles. The second-order valence-electron chi connectivity index (χ2n) is 3.06. The van der Waals surface area contributed by atoms with Crippen LogP contribution in [0.15, 0.2) is 22.8 Å². The molecule has 0 N–H and O–H groups in total. The van der Waals surface area contributed by atoms with Crippen molar-refractivity contribution < 1.29 is 0 Å². The van der Waals surface area contributed by atoms with E-state index in [2.05, 4.69) is 12.2 Å². The van der Waals surface area contributed by atoms with E-state index in [0.29, 0.717) is 0 Å². The Morgan fingerprint density at radius 2 is 1.90 bits per heavy atom. The van der Waals surface area contributed by atoms with Crippen LogP contribution in [0, 0.1) is 5.92 Å². The minimum Gasteiger partial charge on any atom is -0.0844 e. The maximum atomic E-state index is 6.01. The molecule has 0 radical (unpaired) electrons. The zero-order chi connectivity index (χ0) is 6.97. The van der Waals surface area contributed by atoms with Crippen molar-refractivity contribution in [3.63, 3.8) is 0 Å². The summed E-state index contributed by atoms with van der Waals surface area (Å²) in [6.07, 6.45) is 9.50. The second kappa shape index (κ2) is 2.43. The predicted molar refractivity (Wildman–Crippen MR) is 44.0 cm³/mol. The highest BCUT2D eigenvalue weighted by atomic mass is 35.5. The van der Waals surface area contributed by atoms with E-state index in [1.165, 1.54) is 24.8 Å². The quantitative estimate of drug-likeness (QED) is 0.544. The van der Waals surface area contributed by atoms with Crippen LogP contribution >= 0.6 is 11.6 Å². The summed E-state index contributed by atoms with van der Waals surface area (Å²) in [6, 6.07) is 0. The van der Waals surface area contributed by atoms with Gasteiger partial charge in [0.05, 0.1) is 0 Å². The Morgan fingerprint density at radius 3 is 2.50 bits per heavy atom. The molecule has 2 aliphatic carbocycles. The Hall–Kier alpha value is -0.230. The van der Waals surface area contributed by atoms with Crippen molar-refractivity contribution in [2.45, 2.75) is 25.7 Å². The number of rotatable bonds is 1. The van der Waals surface area contributed by atoms with Gasteiger partial charge < -0.3 is 0 Å². The molecule has 54 valence electrons. The molecule has 0 bridgehead atoms. The molecule has 2 rings (SSSR count). The van der Waals surface area contributed by atoms with Crippen LogP contribution in [0.3, 0.4) is 0 Å². The molecule has 2 aliphatic rings. The monoisotopic (exact) mass is 154 g/mol. The molecule has 0 aromatic carbocycles. The molecule has 0 saturated heterocycles. The molecule has 1 saturated carbocycles. The van der Waals surface area contributed by atoms with Gasteiger partial charge in [-0.1, -0.05) is 23.8 Å². The first kappa shape index (κ1) is 6.48. The van der Waals surface area contributed by atoms with Crippen LogP contribution < -0.4 is 0 Å². The maximum Gasteiger partial charge on any atom is 0.0397 e. The number of hydrogen-bond acceptors (Lipinski definition) is 0. The first-order valence-electron chi connectivity index (χ1n) is 3.94. The standard InChI is InChI=1S/C9H11Cl/c10-9-4-2-1-3-8(9)7-5-6-7/h3-4,7H,1-2,5-6H2. The van der Waals surface area contributed by atoms with E-state index in [9.17, 15) is 0 Å². The van der Waals surface area contributed by atoms with Crippen LogP contribution in [0.2, 0.25) is 0 Å². The number of hydrogen-bond donors (Lipinski definition) is 0. The van der Waals surface area contributed by atoms with E-state index in [0.717, 1.165) is 17.4 Å². The minimum absolute atomic E-state index is 0.823. The molecule has 0 aromatic rings. The van der Waals surface area contributed by atoms with Gasteiger partial charge in [-0.15, -0.1) is 0 Å². The van der Waals surface area contributed by atoms with Crippen molar-refractivity contribution >= 4 is 11.6 Å². The van der Waals surface area contributed by atoms with Gasteiger partial charge in [0.2, 0.25) is 0 Å². The fourth-order valence-electron chi connectivity index (χ4n) is 1.42. The van der Waals surface area contributed by atoms with Gasteiger partial charge in [-0.25, -0.2) is 0 Å². The highest BCUT2D eigenvalue weighted by Gasteiger charge is 2.27. The Balaban J connectivity index is 2.16. The molecule has 0 amide bonds. The lowest BCUT2D eigenvalue weighted by Gasteiger charge is -2.08. The van der Waals surface area contributed by atoms with Gasteiger partial charge in [-0.05, 0) is 37.2 Å². The summed E-state index contributed by atoms with van der Waals surface area (Å²) >= 11 is 6.01. The lowest BCUT2D eigenvalue weighted by atomic mass is 10.0. The Bertz CT molecular complexity index is 197. The summed E-state index contributed by atoms with van der Waals surface area (Å²) < 4.78 is 0. The zero-order valence-electron chi connectivity index (χ0n) is 5.94. The van der Waals surface area contributed by atoms with E-state index in [1.807, 2.05) is 0 Å². The average Bonchev–Trinajstić information content (AvgIpc) is 2.71. The van der Waals surface area contributed by atoms with Gasteiger partial charge in [0, 0.05) is 5.03 Å². The van der Waals surface area contributed by atoms with Crippen molar-refractivity contribution in [3.8, 4) is 0 Å². The fraction of sp³-hybridized carbons (Fsp3) is 0.556. The summed E-state index contributed by atoms with van der Waals surface area (Å²) in [5.74, 6) is 0.823. The summed E-state index contributed by atoms with van der Waals surface area (Å²) in [6.45, 7) is 0. The molecule has 0 aromatic heterocycles. The number of halogens is 1. The minimum atomic E-state index is 0.823. The Labute approximate surface area is 66.6 Å². The van der Waals surface area contributed by atoms with Crippen LogP contribution in [-0.2, 0) is 0 Å². The van der Waals surface area contributed by atoms with E-state index < -0.39 is 0 Å². The molecular formula is C9H11Cl. The third-order valence-electron chi connectivity index (χ3n) is 2.15. The first-order chi connectivity index (χ1) is 4.88. The second-order valence-corrected chi connectivity index (χ2v) is 3.47. The smallest absolute Gasteiger partial charge is 0.0397 e. The van der Waals surface area contributed by atoms with E-state index in [-0.39, 0.29) is 0 Å². The third kappa shape index (κ3) is 1.13. The summed E-state index contributed by atoms with van der Waals surface area (Å²) in [4.78, 5) is 0. The van der Waals surface area contributed by atoms with Crippen molar-refractivity contribution in [1.82, 2.24) is 0 Å². The SMILES string of the molecule is ClC1=CCCC=C1C1CC1. The van der Waals surface area contributed by atoms with Gasteiger partial charge in [-0.2, -0.15) is 0 Å². The molecule has 1 fully saturated rings. The molecule has 0 unspecified atom stereocenters. The van der Waals surface area contributed by atoms with Crippen LogP contribution in [0.5, 0.6) is 0 Å². The van der Waals surface area contributed by atoms with Crippen molar-refractivity contribution in [2.24, 2.45) is 5.92 Å². The molecule has 10 heavy (non-hydrogen) atoms. The van der Waals surface area contributed by atoms with E-state index in [4.69, 9.17) is 11.6 Å². The van der Waals surface area contributed by atoms with Crippen LogP contribution in [0.25, 0.3) is 0 Å². The van der Waals surface area contributed by atoms with Crippen LogP contribution in [-0.4, -0.2) is 0 Å². The highest BCUT2D eigenvalue weighted by molar-refractivity contribution is 6.32. The average molecular weight is 155 g/mol. The summed E-state index contributed by atoms with van der Waals surface area (Å²) in [7, 11) is 0. The molecule has 0 atom stereocenters. The summed E-state index contributed by atoms with van der Waals surface area (Å²) in [5.41, 5.74) is 1.42. The molecule has 0 spiro atoms. The van der Waals surface area contributed by atoms with Crippen molar-refractivity contribution in [3.05, 3.63) is 22.8 Å². The van der Waals surface area contributed by atoms with E-state index >= 15 is 0 Å². The van der Waals surface area contributed by atoms with Crippen LogP contribution in [0.1, 0.15) is 25.7 Å².